The number of nitrogen functional groups attached to an aromatic ring is 1. The number of halogens is 1. The Kier molecular flexibility index (Phi) is 6.80. The summed E-state index contributed by atoms with van der Waals surface area (Å²) in [5, 5.41) is 11.0. The molecule has 4 N–H and O–H groups in total. The molecule has 0 aliphatic heterocycles. The highest BCUT2D eigenvalue weighted by Gasteiger charge is 2.20. The van der Waals surface area contributed by atoms with Crippen LogP contribution in [0.25, 0.3) is 16.9 Å². The number of rotatable bonds is 7. The lowest BCUT2D eigenvalue weighted by atomic mass is 10.1. The van der Waals surface area contributed by atoms with Gasteiger partial charge in [-0.05, 0) is 42.3 Å². The number of anilines is 2. The van der Waals surface area contributed by atoms with Crippen LogP contribution in [-0.2, 0) is 6.42 Å². The second-order valence-electron chi connectivity index (χ2n) is 7.31. The zero-order valence-corrected chi connectivity index (χ0v) is 18.8. The molecule has 0 aliphatic rings. The number of nitrogens with zero attached hydrogens (tertiary/aromatic N) is 2. The van der Waals surface area contributed by atoms with Gasteiger partial charge >= 0.3 is 6.03 Å². The van der Waals surface area contributed by atoms with E-state index >= 15 is 0 Å². The molecule has 0 saturated heterocycles. The van der Waals surface area contributed by atoms with Crippen LogP contribution in [0.1, 0.15) is 5.56 Å². The van der Waals surface area contributed by atoms with Crippen LogP contribution in [0.3, 0.4) is 0 Å². The molecule has 0 atom stereocenters. The third-order valence-electron chi connectivity index (χ3n) is 5.15. The van der Waals surface area contributed by atoms with E-state index in [-0.39, 0.29) is 6.03 Å². The molecule has 4 aromatic rings. The minimum absolute atomic E-state index is 0.325. The van der Waals surface area contributed by atoms with E-state index in [0.29, 0.717) is 35.2 Å². The summed E-state index contributed by atoms with van der Waals surface area (Å²) in [4.78, 5) is 12.7. The minimum Gasteiger partial charge on any atom is -0.496 e. The minimum atomic E-state index is -0.376. The highest BCUT2D eigenvalue weighted by molar-refractivity contribution is 6.30. The van der Waals surface area contributed by atoms with Gasteiger partial charge in [-0.3, -0.25) is 0 Å². The van der Waals surface area contributed by atoms with Crippen molar-refractivity contribution in [2.45, 2.75) is 6.42 Å². The molecule has 0 aliphatic carbocycles. The molecule has 0 unspecified atom stereocenters. The van der Waals surface area contributed by atoms with Gasteiger partial charge in [0.2, 0.25) is 0 Å². The third-order valence-corrected chi connectivity index (χ3v) is 5.40. The number of nitrogens with one attached hydrogen (secondary N) is 2. The summed E-state index contributed by atoms with van der Waals surface area (Å²) in [5.41, 5.74) is 9.98. The number of aromatic nitrogens is 2. The number of para-hydroxylation sites is 2. The maximum atomic E-state index is 12.7. The molecule has 1 heterocycles. The number of nitrogens with two attached hydrogens (primary N) is 1. The fourth-order valence-electron chi connectivity index (χ4n) is 3.51. The van der Waals surface area contributed by atoms with E-state index in [0.717, 1.165) is 22.6 Å². The molecule has 4 rings (SSSR count). The Bertz CT molecular complexity index is 1240. The van der Waals surface area contributed by atoms with E-state index in [1.165, 1.54) is 0 Å². The van der Waals surface area contributed by atoms with Crippen molar-refractivity contribution < 1.29 is 9.53 Å². The van der Waals surface area contributed by atoms with Gasteiger partial charge in [0, 0.05) is 17.1 Å². The van der Waals surface area contributed by atoms with Gasteiger partial charge in [-0.1, -0.05) is 60.1 Å². The molecular formula is C25H24ClN5O2. The average molecular weight is 462 g/mol. The maximum absolute atomic E-state index is 12.7. The highest BCUT2D eigenvalue weighted by atomic mass is 35.5. The largest absolute Gasteiger partial charge is 0.496 e. The first kappa shape index (κ1) is 22.2. The van der Waals surface area contributed by atoms with E-state index in [9.17, 15) is 4.79 Å². The summed E-state index contributed by atoms with van der Waals surface area (Å²) in [5.74, 6) is 1.11. The number of hydrogen-bond donors (Lipinski definition) is 3. The van der Waals surface area contributed by atoms with Crippen molar-refractivity contribution in [3.05, 3.63) is 89.4 Å². The number of benzene rings is 3. The lowest BCUT2D eigenvalue weighted by molar-refractivity contribution is 0.252. The van der Waals surface area contributed by atoms with Gasteiger partial charge in [0.05, 0.1) is 12.8 Å². The second-order valence-corrected chi connectivity index (χ2v) is 7.74. The first-order chi connectivity index (χ1) is 16.1. The Labute approximate surface area is 197 Å². The zero-order valence-electron chi connectivity index (χ0n) is 18.1. The van der Waals surface area contributed by atoms with Crippen molar-refractivity contribution in [1.29, 1.82) is 0 Å². The van der Waals surface area contributed by atoms with Crippen LogP contribution >= 0.6 is 11.6 Å². The second kappa shape index (κ2) is 10.1. The van der Waals surface area contributed by atoms with E-state index < -0.39 is 0 Å². The molecular weight excluding hydrogens is 438 g/mol. The van der Waals surface area contributed by atoms with Crippen molar-refractivity contribution >= 4 is 29.1 Å². The number of hydrogen-bond acceptors (Lipinski definition) is 4. The van der Waals surface area contributed by atoms with Crippen LogP contribution in [-0.4, -0.2) is 29.5 Å². The first-order valence-corrected chi connectivity index (χ1v) is 10.8. The Hall–Kier alpha value is -3.97. The molecule has 0 bridgehead atoms. The SMILES string of the molecule is COc1ccccc1CCNC(=O)Nc1c(-c2ccc(Cl)cc2)nn(-c2ccccc2)c1N. The lowest BCUT2D eigenvalue weighted by Gasteiger charge is -2.11. The molecule has 33 heavy (non-hydrogen) atoms. The van der Waals surface area contributed by atoms with Gasteiger partial charge in [-0.2, -0.15) is 5.10 Å². The number of carbonyl (C=O) groups excluding carboxylic acids is 1. The van der Waals surface area contributed by atoms with E-state index in [4.69, 9.17) is 22.1 Å². The summed E-state index contributed by atoms with van der Waals surface area (Å²) >= 11 is 6.05. The third kappa shape index (κ3) is 5.10. The van der Waals surface area contributed by atoms with Crippen LogP contribution in [0, 0.1) is 0 Å². The number of carbonyl (C=O) groups is 1. The van der Waals surface area contributed by atoms with Crippen LogP contribution in [0.2, 0.25) is 5.02 Å². The quantitative estimate of drug-likeness (QED) is 0.355. The lowest BCUT2D eigenvalue weighted by Crippen LogP contribution is -2.30. The van der Waals surface area contributed by atoms with Crippen molar-refractivity contribution in [3.8, 4) is 22.7 Å². The highest BCUT2D eigenvalue weighted by Crippen LogP contribution is 2.34. The number of amides is 2. The summed E-state index contributed by atoms with van der Waals surface area (Å²) in [6.07, 6.45) is 0.625. The predicted octanol–water partition coefficient (Wildman–Crippen LogP) is 5.15. The fraction of sp³-hybridized carbons (Fsp3) is 0.120. The Morgan fingerprint density at radius 1 is 1.03 bits per heavy atom. The Balaban J connectivity index is 1.56. The molecule has 8 heteroatoms. The number of methoxy groups -OCH3 is 1. The summed E-state index contributed by atoms with van der Waals surface area (Å²) in [6.45, 7) is 0.426. The molecule has 7 nitrogen and oxygen atoms in total. The van der Waals surface area contributed by atoms with E-state index in [1.54, 1.807) is 23.9 Å². The normalized spacial score (nSPS) is 10.6. The Morgan fingerprint density at radius 2 is 1.73 bits per heavy atom. The van der Waals surface area contributed by atoms with Gasteiger partial charge in [0.25, 0.3) is 0 Å². The number of ether oxygens (including phenoxy) is 1. The standard InChI is InChI=1S/C25H24ClN5O2/c1-33-21-10-6-5-7-17(21)15-16-28-25(32)29-23-22(18-11-13-19(26)14-12-18)30-31(24(23)27)20-8-3-2-4-9-20/h2-14H,15-16,27H2,1H3,(H2,28,29,32). The predicted molar refractivity (Wildman–Crippen MR) is 132 cm³/mol. The summed E-state index contributed by atoms with van der Waals surface area (Å²) in [6, 6.07) is 24.1. The molecule has 1 aromatic heterocycles. The monoisotopic (exact) mass is 461 g/mol. The van der Waals surface area contributed by atoms with Crippen molar-refractivity contribution in [2.75, 3.05) is 24.7 Å². The smallest absolute Gasteiger partial charge is 0.319 e. The molecule has 0 radical (unpaired) electrons. The van der Waals surface area contributed by atoms with Crippen LogP contribution < -0.4 is 21.1 Å². The molecule has 0 saturated carbocycles. The molecule has 0 fully saturated rings. The molecule has 3 aromatic carbocycles. The topological polar surface area (TPSA) is 94.2 Å². The van der Waals surface area contributed by atoms with E-state index in [1.807, 2.05) is 66.7 Å². The summed E-state index contributed by atoms with van der Waals surface area (Å²) in [7, 11) is 1.63. The van der Waals surface area contributed by atoms with Crippen molar-refractivity contribution in [3.63, 3.8) is 0 Å². The van der Waals surface area contributed by atoms with Crippen LogP contribution in [0.5, 0.6) is 5.75 Å². The van der Waals surface area contributed by atoms with Gasteiger partial charge in [-0.15, -0.1) is 0 Å². The van der Waals surface area contributed by atoms with Crippen molar-refractivity contribution in [1.82, 2.24) is 15.1 Å². The fourth-order valence-corrected chi connectivity index (χ4v) is 3.63. The number of urea groups is 1. The van der Waals surface area contributed by atoms with Gasteiger partial charge in [-0.25, -0.2) is 9.48 Å². The molecule has 2 amide bonds. The summed E-state index contributed by atoms with van der Waals surface area (Å²) < 4.78 is 6.97. The van der Waals surface area contributed by atoms with Crippen molar-refractivity contribution in [2.24, 2.45) is 0 Å². The van der Waals surface area contributed by atoms with Gasteiger partial charge in [0.1, 0.15) is 17.1 Å². The van der Waals surface area contributed by atoms with Crippen LogP contribution in [0.4, 0.5) is 16.3 Å². The first-order valence-electron chi connectivity index (χ1n) is 10.4. The Morgan fingerprint density at radius 3 is 2.45 bits per heavy atom. The molecule has 168 valence electrons. The van der Waals surface area contributed by atoms with Gasteiger partial charge < -0.3 is 21.1 Å². The molecule has 0 spiro atoms. The van der Waals surface area contributed by atoms with Gasteiger partial charge in [0.15, 0.2) is 5.82 Å². The zero-order chi connectivity index (χ0) is 23.2. The average Bonchev–Trinajstić information content (AvgIpc) is 3.16. The maximum Gasteiger partial charge on any atom is 0.319 e. The van der Waals surface area contributed by atoms with E-state index in [2.05, 4.69) is 15.7 Å². The van der Waals surface area contributed by atoms with Crippen LogP contribution in [0.15, 0.2) is 78.9 Å².